The van der Waals surface area contributed by atoms with Crippen molar-refractivity contribution in [2.75, 3.05) is 5.32 Å². The van der Waals surface area contributed by atoms with Crippen molar-refractivity contribution in [3.63, 3.8) is 0 Å². The van der Waals surface area contributed by atoms with Gasteiger partial charge in [0.25, 0.3) is 5.91 Å². The molecule has 2 heterocycles. The van der Waals surface area contributed by atoms with Crippen LogP contribution in [0.5, 0.6) is 0 Å². The minimum Gasteiger partial charge on any atom is -0.320 e. The first-order valence-corrected chi connectivity index (χ1v) is 11.4. The van der Waals surface area contributed by atoms with Crippen LogP contribution in [0.3, 0.4) is 0 Å². The average molecular weight is 475 g/mol. The summed E-state index contributed by atoms with van der Waals surface area (Å²) in [5, 5.41) is 21.7. The molecule has 0 saturated heterocycles. The first-order valence-electron chi connectivity index (χ1n) is 9.24. The summed E-state index contributed by atoms with van der Waals surface area (Å²) in [5.41, 5.74) is 1.42. The molecule has 31 heavy (non-hydrogen) atoms. The maximum atomic E-state index is 13.0. The van der Waals surface area contributed by atoms with Crippen LogP contribution in [0.4, 0.5) is 10.1 Å². The van der Waals surface area contributed by atoms with Crippen LogP contribution < -0.4 is 5.32 Å². The maximum Gasteiger partial charge on any atom is 0.286 e. The van der Waals surface area contributed by atoms with Crippen LogP contribution in [0, 0.1) is 5.82 Å². The molecule has 1 amide bonds. The number of carbonyl (C=O) groups excluding carboxylic acids is 1. The topological polar surface area (TPSA) is 85.6 Å². The van der Waals surface area contributed by atoms with Crippen molar-refractivity contribution in [3.05, 3.63) is 69.4 Å². The van der Waals surface area contributed by atoms with Crippen LogP contribution >= 0.6 is 34.7 Å². The number of thioether (sulfide) groups is 1. The Labute approximate surface area is 190 Å². The van der Waals surface area contributed by atoms with E-state index in [9.17, 15) is 9.18 Å². The zero-order valence-corrected chi connectivity index (χ0v) is 18.6. The van der Waals surface area contributed by atoms with Gasteiger partial charge in [0, 0.05) is 22.8 Å². The second kappa shape index (κ2) is 9.54. The fourth-order valence-corrected chi connectivity index (χ4v) is 4.59. The summed E-state index contributed by atoms with van der Waals surface area (Å²) in [4.78, 5) is 12.3. The molecule has 4 rings (SSSR count). The molecule has 0 bridgehead atoms. The number of nitrogens with one attached hydrogen (secondary N) is 1. The minimum atomic E-state index is -0.387. The molecular weight excluding hydrogens is 459 g/mol. The maximum absolute atomic E-state index is 13.0. The normalized spacial score (nSPS) is 10.9. The van der Waals surface area contributed by atoms with E-state index >= 15 is 0 Å². The van der Waals surface area contributed by atoms with Crippen LogP contribution in [-0.2, 0) is 12.3 Å². The molecule has 0 aliphatic heterocycles. The van der Waals surface area contributed by atoms with E-state index < -0.39 is 0 Å². The Bertz CT molecular complexity index is 1190. The molecule has 4 aromatic rings. The van der Waals surface area contributed by atoms with Crippen molar-refractivity contribution < 1.29 is 9.18 Å². The summed E-state index contributed by atoms with van der Waals surface area (Å²) < 4.78 is 15.0. The third kappa shape index (κ3) is 5.09. The summed E-state index contributed by atoms with van der Waals surface area (Å²) in [6.07, 6.45) is 0. The molecule has 0 radical (unpaired) electrons. The highest BCUT2D eigenvalue weighted by Gasteiger charge is 2.16. The summed E-state index contributed by atoms with van der Waals surface area (Å²) in [6, 6.07) is 13.0. The standard InChI is InChI=1S/C20H16ClFN6OS2/c1-2-28-17(12-3-5-13(21)6-4-12)25-27-20(28)30-11-16-24-26-19(31-16)18(29)23-15-9-7-14(22)8-10-15/h3-10H,2,11H2,1H3,(H,23,29). The van der Waals surface area contributed by atoms with Crippen LogP contribution in [0.2, 0.25) is 5.02 Å². The van der Waals surface area contributed by atoms with E-state index in [1.165, 1.54) is 47.4 Å². The van der Waals surface area contributed by atoms with Gasteiger partial charge in [-0.25, -0.2) is 4.39 Å². The van der Waals surface area contributed by atoms with Gasteiger partial charge in [0.2, 0.25) is 5.01 Å². The Morgan fingerprint density at radius 1 is 1.10 bits per heavy atom. The Hall–Kier alpha value is -2.82. The van der Waals surface area contributed by atoms with Gasteiger partial charge >= 0.3 is 0 Å². The Morgan fingerprint density at radius 3 is 2.55 bits per heavy atom. The van der Waals surface area contributed by atoms with Gasteiger partial charge in [-0.1, -0.05) is 34.7 Å². The average Bonchev–Trinajstić information content (AvgIpc) is 3.41. The number of amides is 1. The zero-order valence-electron chi connectivity index (χ0n) is 16.2. The molecule has 0 fully saturated rings. The highest BCUT2D eigenvalue weighted by molar-refractivity contribution is 7.98. The molecule has 0 aliphatic rings. The van der Waals surface area contributed by atoms with Gasteiger partial charge in [-0.2, -0.15) is 0 Å². The van der Waals surface area contributed by atoms with Gasteiger partial charge in [0.1, 0.15) is 10.8 Å². The van der Waals surface area contributed by atoms with Gasteiger partial charge in [-0.15, -0.1) is 20.4 Å². The number of nitrogens with zero attached hydrogens (tertiary/aromatic N) is 5. The number of anilines is 1. The number of hydrogen-bond acceptors (Lipinski definition) is 7. The lowest BCUT2D eigenvalue weighted by Crippen LogP contribution is -2.11. The Morgan fingerprint density at radius 2 is 1.84 bits per heavy atom. The lowest BCUT2D eigenvalue weighted by Gasteiger charge is -2.06. The molecule has 7 nitrogen and oxygen atoms in total. The van der Waals surface area contributed by atoms with Crippen molar-refractivity contribution in [1.29, 1.82) is 0 Å². The predicted octanol–water partition coefficient (Wildman–Crippen LogP) is 5.15. The van der Waals surface area contributed by atoms with E-state index in [0.29, 0.717) is 28.0 Å². The molecule has 0 spiro atoms. The van der Waals surface area contributed by atoms with Crippen molar-refractivity contribution in [2.45, 2.75) is 24.4 Å². The lowest BCUT2D eigenvalue weighted by molar-refractivity contribution is 0.102. The molecule has 0 aliphatic carbocycles. The SMILES string of the molecule is CCn1c(SCc2nnc(C(=O)Nc3ccc(F)cc3)s2)nnc1-c1ccc(Cl)cc1. The third-order valence-corrected chi connectivity index (χ3v) is 6.56. The van der Waals surface area contributed by atoms with Gasteiger partial charge < -0.3 is 9.88 Å². The molecule has 158 valence electrons. The number of rotatable bonds is 7. The van der Waals surface area contributed by atoms with Crippen LogP contribution in [0.1, 0.15) is 21.7 Å². The summed E-state index contributed by atoms with van der Waals surface area (Å²) in [7, 11) is 0. The summed E-state index contributed by atoms with van der Waals surface area (Å²) >= 11 is 8.64. The monoisotopic (exact) mass is 474 g/mol. The Kier molecular flexibility index (Phi) is 6.59. The lowest BCUT2D eigenvalue weighted by atomic mass is 10.2. The van der Waals surface area contributed by atoms with Crippen LogP contribution in [0.15, 0.2) is 53.7 Å². The molecule has 1 N–H and O–H groups in total. The van der Waals surface area contributed by atoms with Gasteiger partial charge in [-0.05, 0) is 55.5 Å². The number of benzene rings is 2. The number of aromatic nitrogens is 5. The van der Waals surface area contributed by atoms with Crippen LogP contribution in [-0.4, -0.2) is 30.9 Å². The van der Waals surface area contributed by atoms with E-state index in [1.807, 2.05) is 35.8 Å². The quantitative estimate of drug-likeness (QED) is 0.373. The fourth-order valence-electron chi connectivity index (χ4n) is 2.74. The molecule has 0 saturated carbocycles. The molecule has 0 atom stereocenters. The largest absolute Gasteiger partial charge is 0.320 e. The highest BCUT2D eigenvalue weighted by atomic mass is 35.5. The van der Waals surface area contributed by atoms with E-state index in [-0.39, 0.29) is 16.7 Å². The summed E-state index contributed by atoms with van der Waals surface area (Å²) in [5.74, 6) is 0.507. The molecule has 0 unspecified atom stereocenters. The zero-order chi connectivity index (χ0) is 21.8. The number of carbonyl (C=O) groups is 1. The second-order valence-corrected chi connectivity index (χ2v) is 8.75. The number of halogens is 2. The number of hydrogen-bond donors (Lipinski definition) is 1. The van der Waals surface area contributed by atoms with Crippen molar-refractivity contribution in [3.8, 4) is 11.4 Å². The van der Waals surface area contributed by atoms with Gasteiger partial charge in [0.05, 0.1) is 5.75 Å². The summed E-state index contributed by atoms with van der Waals surface area (Å²) in [6.45, 7) is 2.73. The third-order valence-electron chi connectivity index (χ3n) is 4.22. The predicted molar refractivity (Wildman–Crippen MR) is 120 cm³/mol. The van der Waals surface area contributed by atoms with E-state index in [1.54, 1.807) is 0 Å². The smallest absolute Gasteiger partial charge is 0.286 e. The van der Waals surface area contributed by atoms with Crippen molar-refractivity contribution in [1.82, 2.24) is 25.0 Å². The van der Waals surface area contributed by atoms with Crippen molar-refractivity contribution >= 4 is 46.3 Å². The van der Waals surface area contributed by atoms with Crippen LogP contribution in [0.25, 0.3) is 11.4 Å². The van der Waals surface area contributed by atoms with E-state index in [2.05, 4.69) is 25.7 Å². The molecular formula is C20H16ClFN6OS2. The fraction of sp³-hybridized carbons (Fsp3) is 0.150. The van der Waals surface area contributed by atoms with Gasteiger partial charge in [-0.3, -0.25) is 4.79 Å². The molecule has 2 aromatic carbocycles. The Balaban J connectivity index is 1.42. The van der Waals surface area contributed by atoms with E-state index in [0.717, 1.165) is 16.5 Å². The molecule has 2 aromatic heterocycles. The first kappa shape index (κ1) is 21.4. The van der Waals surface area contributed by atoms with Crippen molar-refractivity contribution in [2.24, 2.45) is 0 Å². The first-order chi connectivity index (χ1) is 15.0. The van der Waals surface area contributed by atoms with E-state index in [4.69, 9.17) is 11.6 Å². The molecule has 11 heteroatoms. The minimum absolute atomic E-state index is 0.235. The highest BCUT2D eigenvalue weighted by Crippen LogP contribution is 2.28. The van der Waals surface area contributed by atoms with Gasteiger partial charge in [0.15, 0.2) is 11.0 Å². The second-order valence-electron chi connectivity index (χ2n) is 6.31.